The molecule has 0 aromatic heterocycles. The largest absolute Gasteiger partial charge is 0.335 e. The molecule has 0 aromatic rings. The van der Waals surface area contributed by atoms with Crippen LogP contribution >= 0.6 is 0 Å². The van der Waals surface area contributed by atoms with E-state index in [0.29, 0.717) is 12.5 Å². The number of hydrogen-bond acceptors (Lipinski definition) is 2. The number of allylic oxidation sites excluding steroid dienone is 3. The summed E-state index contributed by atoms with van der Waals surface area (Å²) in [5.74, 6) is 3.92. The number of rotatable bonds is 1. The Bertz CT molecular complexity index is 675. The van der Waals surface area contributed by atoms with Crippen molar-refractivity contribution in [3.8, 4) is 12.3 Å². The molecule has 3 atom stereocenters. The van der Waals surface area contributed by atoms with Gasteiger partial charge in [-0.2, -0.15) is 0 Å². The van der Waals surface area contributed by atoms with Gasteiger partial charge < -0.3 is 4.90 Å². The van der Waals surface area contributed by atoms with Gasteiger partial charge in [0.1, 0.15) is 0 Å². The van der Waals surface area contributed by atoms with Crippen molar-refractivity contribution in [1.82, 2.24) is 4.90 Å². The van der Waals surface area contributed by atoms with Crippen LogP contribution in [0.25, 0.3) is 0 Å². The average Bonchev–Trinajstić information content (AvgIpc) is 2.86. The highest BCUT2D eigenvalue weighted by molar-refractivity contribution is 5.88. The lowest BCUT2D eigenvalue weighted by atomic mass is 9.78. The molecule has 2 aliphatic carbocycles. The molecule has 3 aliphatic rings. The number of carbonyl (C=O) groups excluding carboxylic acids is 2. The average molecular weight is 368 g/mol. The van der Waals surface area contributed by atoms with E-state index in [1.165, 1.54) is 17.6 Å². The minimum absolute atomic E-state index is 0.0118. The van der Waals surface area contributed by atoms with Crippen molar-refractivity contribution in [3.63, 3.8) is 0 Å². The Morgan fingerprint density at radius 3 is 2.63 bits per heavy atom. The predicted octanol–water partition coefficient (Wildman–Crippen LogP) is 4.54. The van der Waals surface area contributed by atoms with Crippen LogP contribution in [-0.4, -0.2) is 29.7 Å². The highest BCUT2D eigenvalue weighted by Crippen LogP contribution is 2.41. The van der Waals surface area contributed by atoms with Crippen molar-refractivity contribution in [2.24, 2.45) is 23.7 Å². The molecule has 1 saturated heterocycles. The van der Waals surface area contributed by atoms with E-state index in [9.17, 15) is 9.59 Å². The van der Waals surface area contributed by atoms with E-state index in [0.717, 1.165) is 44.9 Å². The summed E-state index contributed by atoms with van der Waals surface area (Å²) in [4.78, 5) is 28.0. The van der Waals surface area contributed by atoms with Crippen LogP contribution in [0.4, 0.5) is 0 Å². The van der Waals surface area contributed by atoms with Gasteiger partial charge in [0.2, 0.25) is 5.91 Å². The van der Waals surface area contributed by atoms with Gasteiger partial charge in [0.15, 0.2) is 5.78 Å². The van der Waals surface area contributed by atoms with Crippen molar-refractivity contribution >= 4 is 11.7 Å². The lowest BCUT2D eigenvalue weighted by Crippen LogP contribution is -2.47. The minimum Gasteiger partial charge on any atom is -0.335 e. The number of fused-ring (bicyclic) bond motifs is 2. The van der Waals surface area contributed by atoms with Crippen LogP contribution < -0.4 is 0 Å². The number of likely N-dealkylation sites (tertiary alicyclic amines) is 1. The van der Waals surface area contributed by atoms with E-state index < -0.39 is 0 Å². The van der Waals surface area contributed by atoms with Crippen LogP contribution in [0.5, 0.6) is 0 Å². The maximum Gasteiger partial charge on any atom is 0.226 e. The number of nitrogens with zero attached hydrogens (tertiary/aromatic N) is 1. The van der Waals surface area contributed by atoms with E-state index in [1.54, 1.807) is 0 Å². The Labute approximate surface area is 164 Å². The third-order valence-electron chi connectivity index (χ3n) is 7.02. The Kier molecular flexibility index (Phi) is 6.58. The van der Waals surface area contributed by atoms with Crippen LogP contribution in [-0.2, 0) is 9.59 Å². The van der Waals surface area contributed by atoms with Crippen molar-refractivity contribution in [2.45, 2.75) is 65.2 Å². The quantitative estimate of drug-likeness (QED) is 0.638. The van der Waals surface area contributed by atoms with Gasteiger partial charge in [-0.05, 0) is 62.2 Å². The smallest absolute Gasteiger partial charge is 0.226 e. The molecule has 27 heavy (non-hydrogen) atoms. The van der Waals surface area contributed by atoms with Crippen molar-refractivity contribution in [2.75, 3.05) is 13.1 Å². The Morgan fingerprint density at radius 2 is 1.96 bits per heavy atom. The first-order chi connectivity index (χ1) is 13.0. The first-order valence-electron chi connectivity index (χ1n) is 10.7. The fraction of sp³-hybridized carbons (Fsp3) is 0.667. The number of Topliss-reactive ketones (excluding diaryl/α,β-unsaturated/α-hetero) is 1. The molecular formula is C24H33NO2. The van der Waals surface area contributed by atoms with E-state index in [2.05, 4.69) is 25.8 Å². The molecule has 0 N–H and O–H groups in total. The van der Waals surface area contributed by atoms with E-state index in [4.69, 9.17) is 6.42 Å². The molecule has 146 valence electrons. The SMILES string of the molecule is C#CC=C1CCC2CC(CN(C(=O)C3CCCCC3)CC(=O)C2C)C1=CC. The summed E-state index contributed by atoms with van der Waals surface area (Å²) in [7, 11) is 0. The van der Waals surface area contributed by atoms with E-state index in [-0.39, 0.29) is 36.0 Å². The summed E-state index contributed by atoms with van der Waals surface area (Å²) in [5, 5.41) is 0. The molecule has 3 rings (SSSR count). The van der Waals surface area contributed by atoms with Crippen molar-refractivity contribution < 1.29 is 9.59 Å². The molecule has 1 amide bonds. The zero-order valence-corrected chi connectivity index (χ0v) is 16.9. The Morgan fingerprint density at radius 1 is 1.22 bits per heavy atom. The molecule has 3 fully saturated rings. The van der Waals surface area contributed by atoms with Gasteiger partial charge in [-0.15, -0.1) is 6.42 Å². The minimum atomic E-state index is 0.0118. The Hall–Kier alpha value is -1.82. The van der Waals surface area contributed by atoms with Gasteiger partial charge in [-0.1, -0.05) is 38.2 Å². The zero-order valence-electron chi connectivity index (χ0n) is 16.9. The third kappa shape index (κ3) is 4.37. The van der Waals surface area contributed by atoms with Gasteiger partial charge in [-0.3, -0.25) is 9.59 Å². The van der Waals surface area contributed by atoms with Crippen LogP contribution in [0.1, 0.15) is 65.2 Å². The van der Waals surface area contributed by atoms with Crippen molar-refractivity contribution in [1.29, 1.82) is 0 Å². The molecule has 3 heteroatoms. The Balaban J connectivity index is 1.90. The van der Waals surface area contributed by atoms with Gasteiger partial charge in [0.25, 0.3) is 0 Å². The predicted molar refractivity (Wildman–Crippen MR) is 109 cm³/mol. The first kappa shape index (κ1) is 19.9. The highest BCUT2D eigenvalue weighted by atomic mass is 16.2. The normalized spacial score (nSPS) is 33.3. The second-order valence-electron chi connectivity index (χ2n) is 8.62. The maximum atomic E-state index is 13.2. The molecule has 2 bridgehead atoms. The van der Waals surface area contributed by atoms with Crippen molar-refractivity contribution in [3.05, 3.63) is 23.3 Å². The number of hydrogen-bond donors (Lipinski definition) is 0. The van der Waals surface area contributed by atoms with Gasteiger partial charge >= 0.3 is 0 Å². The number of ketones is 1. The van der Waals surface area contributed by atoms with Crippen LogP contribution in [0, 0.1) is 36.0 Å². The second-order valence-corrected chi connectivity index (χ2v) is 8.62. The molecule has 0 radical (unpaired) electrons. The standard InChI is InChI=1S/C24H33NO2/c1-4-9-18-12-13-20-14-21(22(18)5-2)15-25(16-23(26)17(20)3)24(27)19-10-7-6-8-11-19/h1,5,9,17,19-21H,6-8,10-16H2,2-3H3. The highest BCUT2D eigenvalue weighted by Gasteiger charge is 2.38. The second kappa shape index (κ2) is 8.91. The summed E-state index contributed by atoms with van der Waals surface area (Å²) in [6.45, 7) is 5.07. The summed E-state index contributed by atoms with van der Waals surface area (Å²) in [6, 6.07) is 0. The molecular weight excluding hydrogens is 334 g/mol. The maximum absolute atomic E-state index is 13.2. The molecule has 0 spiro atoms. The topological polar surface area (TPSA) is 37.4 Å². The van der Waals surface area contributed by atoms with E-state index >= 15 is 0 Å². The van der Waals surface area contributed by atoms with Crippen LogP contribution in [0.15, 0.2) is 23.3 Å². The molecule has 0 aromatic carbocycles. The first-order valence-corrected chi connectivity index (χ1v) is 10.7. The van der Waals surface area contributed by atoms with Gasteiger partial charge in [-0.25, -0.2) is 0 Å². The lowest BCUT2D eigenvalue weighted by Gasteiger charge is -2.37. The summed E-state index contributed by atoms with van der Waals surface area (Å²) in [5.41, 5.74) is 2.51. The lowest BCUT2D eigenvalue weighted by molar-refractivity contribution is -0.142. The number of terminal acetylenes is 1. The van der Waals surface area contributed by atoms with E-state index in [1.807, 2.05) is 11.0 Å². The zero-order chi connectivity index (χ0) is 19.4. The molecule has 3 unspecified atom stereocenters. The third-order valence-corrected chi connectivity index (χ3v) is 7.02. The molecule has 1 heterocycles. The van der Waals surface area contributed by atoms with Crippen LogP contribution in [0.3, 0.4) is 0 Å². The number of carbonyl (C=O) groups is 2. The summed E-state index contributed by atoms with van der Waals surface area (Å²) in [6.07, 6.45) is 18.0. The molecule has 3 nitrogen and oxygen atoms in total. The van der Waals surface area contributed by atoms with Gasteiger partial charge in [0.05, 0.1) is 6.54 Å². The van der Waals surface area contributed by atoms with Gasteiger partial charge in [0, 0.05) is 24.3 Å². The molecule has 2 saturated carbocycles. The fourth-order valence-corrected chi connectivity index (χ4v) is 5.36. The monoisotopic (exact) mass is 367 g/mol. The summed E-state index contributed by atoms with van der Waals surface area (Å²) < 4.78 is 0. The fourth-order valence-electron chi connectivity index (χ4n) is 5.36. The summed E-state index contributed by atoms with van der Waals surface area (Å²) >= 11 is 0. The molecule has 1 aliphatic heterocycles. The number of amides is 1. The van der Waals surface area contributed by atoms with Crippen LogP contribution in [0.2, 0.25) is 0 Å².